The van der Waals surface area contributed by atoms with Crippen LogP contribution < -0.4 is 9.62 Å². The smallest absolute Gasteiger partial charge is 0.264 e. The van der Waals surface area contributed by atoms with Crippen molar-refractivity contribution in [3.63, 3.8) is 0 Å². The fourth-order valence-corrected chi connectivity index (χ4v) is 5.91. The molecular formula is C33H43N3O4S. The summed E-state index contributed by atoms with van der Waals surface area (Å²) in [7, 11) is -4.08. The molecule has 3 rings (SSSR count). The van der Waals surface area contributed by atoms with Crippen LogP contribution in [-0.2, 0) is 26.0 Å². The van der Waals surface area contributed by atoms with Crippen molar-refractivity contribution >= 4 is 27.5 Å². The van der Waals surface area contributed by atoms with Crippen LogP contribution in [0.5, 0.6) is 0 Å². The maximum Gasteiger partial charge on any atom is 0.264 e. The summed E-state index contributed by atoms with van der Waals surface area (Å²) in [5, 5.41) is 2.92. The van der Waals surface area contributed by atoms with Gasteiger partial charge in [0, 0.05) is 13.1 Å². The molecule has 0 saturated heterocycles. The molecule has 0 radical (unpaired) electrons. The van der Waals surface area contributed by atoms with Gasteiger partial charge < -0.3 is 10.2 Å². The SMILES string of the molecule is CCCCNC(=O)[C@H](C)N(CCc1ccccc1)C(=O)CN(c1ccc(C(C)C)cc1)S(=O)(=O)c1ccc(C)cc1. The van der Waals surface area contributed by atoms with Crippen LogP contribution >= 0.6 is 0 Å². The van der Waals surface area contributed by atoms with Gasteiger partial charge in [-0.15, -0.1) is 0 Å². The van der Waals surface area contributed by atoms with Gasteiger partial charge in [-0.05, 0) is 68.0 Å². The third-order valence-electron chi connectivity index (χ3n) is 7.22. The van der Waals surface area contributed by atoms with Gasteiger partial charge in [0.15, 0.2) is 0 Å². The standard InChI is InChI=1S/C33H43N3O4S/c1-6-7-22-34-33(38)27(5)35(23-21-28-11-9-8-10-12-28)32(37)24-36(30-17-15-29(16-18-30)25(2)3)41(39,40)31-19-13-26(4)14-20-31/h8-20,25,27H,6-7,21-24H2,1-5H3,(H,34,38)/t27-/m0/s1. The average molecular weight is 578 g/mol. The van der Waals surface area contributed by atoms with E-state index in [9.17, 15) is 18.0 Å². The molecular weight excluding hydrogens is 534 g/mol. The molecule has 41 heavy (non-hydrogen) atoms. The van der Waals surface area contributed by atoms with Gasteiger partial charge in [0.25, 0.3) is 10.0 Å². The second-order valence-corrected chi connectivity index (χ2v) is 12.6. The highest BCUT2D eigenvalue weighted by Gasteiger charge is 2.32. The molecule has 1 N–H and O–H groups in total. The van der Waals surface area contributed by atoms with Gasteiger partial charge in [0.2, 0.25) is 11.8 Å². The quantitative estimate of drug-likeness (QED) is 0.250. The number of benzene rings is 3. The molecule has 220 valence electrons. The Morgan fingerprint density at radius 2 is 1.51 bits per heavy atom. The third-order valence-corrected chi connectivity index (χ3v) is 9.00. The van der Waals surface area contributed by atoms with E-state index in [0.717, 1.165) is 33.8 Å². The van der Waals surface area contributed by atoms with Gasteiger partial charge in [-0.1, -0.05) is 87.4 Å². The van der Waals surface area contributed by atoms with Crippen LogP contribution in [-0.4, -0.2) is 50.8 Å². The first-order valence-corrected chi connectivity index (χ1v) is 15.8. The van der Waals surface area contributed by atoms with E-state index in [-0.39, 0.29) is 23.3 Å². The highest BCUT2D eigenvalue weighted by Crippen LogP contribution is 2.26. The van der Waals surface area contributed by atoms with Crippen molar-refractivity contribution in [3.05, 3.63) is 95.6 Å². The number of nitrogens with zero attached hydrogens (tertiary/aromatic N) is 2. The van der Waals surface area contributed by atoms with Gasteiger partial charge in [-0.25, -0.2) is 8.42 Å². The fourth-order valence-electron chi connectivity index (χ4n) is 4.50. The van der Waals surface area contributed by atoms with Gasteiger partial charge in [0.1, 0.15) is 12.6 Å². The Kier molecular flexibility index (Phi) is 11.5. The molecule has 0 aliphatic rings. The number of carbonyl (C=O) groups excluding carboxylic acids is 2. The topological polar surface area (TPSA) is 86.8 Å². The Bertz CT molecular complexity index is 1370. The zero-order valence-corrected chi connectivity index (χ0v) is 25.7. The Balaban J connectivity index is 1.97. The van der Waals surface area contributed by atoms with Crippen LogP contribution in [0.25, 0.3) is 0 Å². The summed E-state index contributed by atoms with van der Waals surface area (Å²) < 4.78 is 29.1. The zero-order valence-electron chi connectivity index (χ0n) is 24.8. The van der Waals surface area contributed by atoms with Crippen molar-refractivity contribution in [3.8, 4) is 0 Å². The van der Waals surface area contributed by atoms with E-state index in [2.05, 4.69) is 19.2 Å². The molecule has 2 amide bonds. The van der Waals surface area contributed by atoms with Crippen molar-refractivity contribution in [2.75, 3.05) is 23.9 Å². The lowest BCUT2D eigenvalue weighted by molar-refractivity contribution is -0.138. The highest BCUT2D eigenvalue weighted by molar-refractivity contribution is 7.92. The average Bonchev–Trinajstić information content (AvgIpc) is 2.96. The van der Waals surface area contributed by atoms with Crippen LogP contribution in [0.3, 0.4) is 0 Å². The number of sulfonamides is 1. The molecule has 0 fully saturated rings. The molecule has 0 bridgehead atoms. The van der Waals surface area contributed by atoms with E-state index >= 15 is 0 Å². The maximum absolute atomic E-state index is 14.0. The van der Waals surface area contributed by atoms with Crippen LogP contribution in [0.2, 0.25) is 0 Å². The van der Waals surface area contributed by atoms with E-state index in [1.807, 2.05) is 56.3 Å². The number of nitrogens with one attached hydrogen (secondary N) is 1. The van der Waals surface area contributed by atoms with E-state index in [4.69, 9.17) is 0 Å². The molecule has 3 aromatic rings. The van der Waals surface area contributed by atoms with E-state index in [0.29, 0.717) is 18.7 Å². The molecule has 0 aromatic heterocycles. The van der Waals surface area contributed by atoms with E-state index in [1.54, 1.807) is 43.3 Å². The summed E-state index contributed by atoms with van der Waals surface area (Å²) in [6, 6.07) is 22.8. The lowest BCUT2D eigenvalue weighted by Gasteiger charge is -2.32. The van der Waals surface area contributed by atoms with Crippen molar-refractivity contribution in [1.82, 2.24) is 10.2 Å². The predicted molar refractivity (Wildman–Crippen MR) is 165 cm³/mol. The summed E-state index contributed by atoms with van der Waals surface area (Å²) >= 11 is 0. The second-order valence-electron chi connectivity index (χ2n) is 10.7. The summed E-state index contributed by atoms with van der Waals surface area (Å²) in [4.78, 5) is 28.6. The zero-order chi connectivity index (χ0) is 30.0. The molecule has 0 aliphatic heterocycles. The summed E-state index contributed by atoms with van der Waals surface area (Å²) in [6.45, 7) is 10.1. The number of rotatable bonds is 14. The molecule has 0 spiro atoms. The Hall–Kier alpha value is -3.65. The number of aryl methyl sites for hydroxylation is 1. The first-order chi connectivity index (χ1) is 19.5. The molecule has 1 atom stereocenters. The lowest BCUT2D eigenvalue weighted by atomic mass is 10.0. The number of carbonyl (C=O) groups is 2. The minimum Gasteiger partial charge on any atom is -0.354 e. The molecule has 0 unspecified atom stereocenters. The molecule has 0 heterocycles. The van der Waals surface area contributed by atoms with Crippen molar-refractivity contribution in [2.24, 2.45) is 0 Å². The summed E-state index contributed by atoms with van der Waals surface area (Å²) in [5.74, 6) is -0.426. The first kappa shape index (κ1) is 31.9. The summed E-state index contributed by atoms with van der Waals surface area (Å²) in [6.07, 6.45) is 2.31. The Labute approximate surface area is 245 Å². The molecule has 8 heteroatoms. The highest BCUT2D eigenvalue weighted by atomic mass is 32.2. The number of hydrogen-bond donors (Lipinski definition) is 1. The second kappa shape index (κ2) is 14.8. The minimum atomic E-state index is -4.08. The first-order valence-electron chi connectivity index (χ1n) is 14.3. The number of hydrogen-bond acceptors (Lipinski definition) is 4. The van der Waals surface area contributed by atoms with Crippen LogP contribution in [0.1, 0.15) is 63.1 Å². The largest absolute Gasteiger partial charge is 0.354 e. The monoisotopic (exact) mass is 577 g/mol. The van der Waals surface area contributed by atoms with Crippen LogP contribution in [0.4, 0.5) is 5.69 Å². The van der Waals surface area contributed by atoms with Gasteiger partial charge in [-0.3, -0.25) is 13.9 Å². The lowest BCUT2D eigenvalue weighted by Crippen LogP contribution is -2.52. The maximum atomic E-state index is 14.0. The fraction of sp³-hybridized carbons (Fsp3) is 0.394. The van der Waals surface area contributed by atoms with Gasteiger partial charge >= 0.3 is 0 Å². The minimum absolute atomic E-state index is 0.102. The summed E-state index contributed by atoms with van der Waals surface area (Å²) in [5.41, 5.74) is 3.42. The number of unbranched alkanes of at least 4 members (excludes halogenated alkanes) is 1. The van der Waals surface area contributed by atoms with Gasteiger partial charge in [0.05, 0.1) is 10.6 Å². The van der Waals surface area contributed by atoms with Crippen LogP contribution in [0.15, 0.2) is 83.8 Å². The normalized spacial score (nSPS) is 12.1. The van der Waals surface area contributed by atoms with E-state index in [1.165, 1.54) is 4.90 Å². The Morgan fingerprint density at radius 3 is 2.10 bits per heavy atom. The number of amides is 2. The number of anilines is 1. The molecule has 0 aliphatic carbocycles. The van der Waals surface area contributed by atoms with Gasteiger partial charge in [-0.2, -0.15) is 0 Å². The van der Waals surface area contributed by atoms with Crippen molar-refractivity contribution in [2.45, 2.75) is 70.7 Å². The Morgan fingerprint density at radius 1 is 0.878 bits per heavy atom. The molecule has 3 aromatic carbocycles. The van der Waals surface area contributed by atoms with E-state index < -0.39 is 28.5 Å². The molecule has 0 saturated carbocycles. The third kappa shape index (κ3) is 8.67. The predicted octanol–water partition coefficient (Wildman–Crippen LogP) is 5.69. The molecule has 7 nitrogen and oxygen atoms in total. The van der Waals surface area contributed by atoms with Crippen LogP contribution in [0, 0.1) is 6.92 Å². The van der Waals surface area contributed by atoms with Crippen molar-refractivity contribution < 1.29 is 18.0 Å². The van der Waals surface area contributed by atoms with Crippen molar-refractivity contribution in [1.29, 1.82) is 0 Å².